The van der Waals surface area contributed by atoms with Gasteiger partial charge in [-0.05, 0) is 13.0 Å². The maximum atomic E-state index is 14.5. The van der Waals surface area contributed by atoms with Gasteiger partial charge in [-0.2, -0.15) is 0 Å². The second kappa shape index (κ2) is 5.77. The SMILES string of the molecule is CC1(c2ccc(F)cc2F)C(=O)Nc2nc(-c3cn4ccnc4cn3)nc(N)c21. The number of hydrogen-bond acceptors (Lipinski definition) is 6. The van der Waals surface area contributed by atoms with Gasteiger partial charge in [-0.25, -0.2) is 28.7 Å². The topological polar surface area (TPSA) is 111 Å². The predicted octanol–water partition coefficient (Wildman–Crippen LogP) is 2.30. The monoisotopic (exact) mass is 393 g/mol. The standard InChI is InChI=1S/C19H13F2N7O/c1-19(10-3-2-9(20)6-11(10)21)14-15(22)25-16(26-17(14)27-18(19)29)12-8-28-5-4-23-13(28)7-24-12/h2-8H,1H3,(H3,22,25,26,27,29). The van der Waals surface area contributed by atoms with Crippen molar-refractivity contribution in [2.24, 2.45) is 0 Å². The van der Waals surface area contributed by atoms with E-state index in [4.69, 9.17) is 5.73 Å². The molecule has 8 nitrogen and oxygen atoms in total. The summed E-state index contributed by atoms with van der Waals surface area (Å²) in [5.74, 6) is -1.77. The molecule has 1 aliphatic heterocycles. The van der Waals surface area contributed by atoms with E-state index in [-0.39, 0.29) is 28.6 Å². The molecule has 4 aromatic rings. The van der Waals surface area contributed by atoms with Crippen LogP contribution in [0.3, 0.4) is 0 Å². The number of carbonyl (C=O) groups excluding carboxylic acids is 1. The number of nitrogens with two attached hydrogens (primary N) is 1. The third-order valence-electron chi connectivity index (χ3n) is 5.10. The van der Waals surface area contributed by atoms with Crippen molar-refractivity contribution in [2.75, 3.05) is 11.1 Å². The number of nitrogen functional groups attached to an aromatic ring is 1. The molecule has 29 heavy (non-hydrogen) atoms. The van der Waals surface area contributed by atoms with E-state index < -0.39 is 23.0 Å². The van der Waals surface area contributed by atoms with Crippen LogP contribution >= 0.6 is 0 Å². The average Bonchev–Trinajstić information content (AvgIpc) is 3.24. The number of amides is 1. The van der Waals surface area contributed by atoms with Crippen molar-refractivity contribution in [3.63, 3.8) is 0 Å². The molecule has 0 spiro atoms. The molecule has 0 bridgehead atoms. The van der Waals surface area contributed by atoms with Crippen molar-refractivity contribution in [1.82, 2.24) is 24.3 Å². The van der Waals surface area contributed by atoms with E-state index in [9.17, 15) is 13.6 Å². The van der Waals surface area contributed by atoms with E-state index in [0.717, 1.165) is 12.1 Å². The molecular weight excluding hydrogens is 380 g/mol. The fourth-order valence-electron chi connectivity index (χ4n) is 3.62. The highest BCUT2D eigenvalue weighted by molar-refractivity contribution is 6.09. The van der Waals surface area contributed by atoms with Crippen molar-refractivity contribution < 1.29 is 13.6 Å². The first kappa shape index (κ1) is 17.2. The van der Waals surface area contributed by atoms with Crippen LogP contribution in [0.5, 0.6) is 0 Å². The summed E-state index contributed by atoms with van der Waals surface area (Å²) in [6.45, 7) is 1.50. The van der Waals surface area contributed by atoms with Crippen LogP contribution in [0.25, 0.3) is 17.2 Å². The zero-order chi connectivity index (χ0) is 20.3. The maximum absolute atomic E-state index is 14.5. The fourth-order valence-corrected chi connectivity index (χ4v) is 3.62. The number of imidazole rings is 1. The Hall–Kier alpha value is -3.95. The molecule has 0 saturated carbocycles. The molecule has 144 valence electrons. The zero-order valence-electron chi connectivity index (χ0n) is 15.0. The summed E-state index contributed by atoms with van der Waals surface area (Å²) in [5, 5.41) is 2.63. The Morgan fingerprint density at radius 3 is 2.83 bits per heavy atom. The summed E-state index contributed by atoms with van der Waals surface area (Å²) in [6, 6.07) is 3.04. The maximum Gasteiger partial charge on any atom is 0.240 e. The third kappa shape index (κ3) is 2.38. The molecular formula is C19H13F2N7O. The highest BCUT2D eigenvalue weighted by atomic mass is 19.1. The van der Waals surface area contributed by atoms with Gasteiger partial charge in [0.25, 0.3) is 0 Å². The zero-order valence-corrected chi connectivity index (χ0v) is 15.0. The molecule has 0 fully saturated rings. The second-order valence-electron chi connectivity index (χ2n) is 6.82. The molecule has 1 atom stereocenters. The smallest absolute Gasteiger partial charge is 0.240 e. The summed E-state index contributed by atoms with van der Waals surface area (Å²) < 4.78 is 29.6. The van der Waals surface area contributed by atoms with Crippen LogP contribution in [-0.2, 0) is 10.2 Å². The Bertz CT molecular complexity index is 1320. The van der Waals surface area contributed by atoms with Gasteiger partial charge in [0.2, 0.25) is 5.91 Å². The van der Waals surface area contributed by atoms with Gasteiger partial charge in [0, 0.05) is 30.2 Å². The number of benzene rings is 1. The summed E-state index contributed by atoms with van der Waals surface area (Å²) in [5.41, 5.74) is 5.95. The first-order chi connectivity index (χ1) is 13.9. The van der Waals surface area contributed by atoms with Crippen LogP contribution in [0, 0.1) is 11.6 Å². The highest BCUT2D eigenvalue weighted by Gasteiger charge is 2.49. The minimum atomic E-state index is -1.50. The molecule has 1 aliphatic rings. The van der Waals surface area contributed by atoms with Gasteiger partial charge in [0.15, 0.2) is 11.5 Å². The normalized spacial score (nSPS) is 18.1. The van der Waals surface area contributed by atoms with Crippen molar-refractivity contribution in [3.8, 4) is 11.5 Å². The second-order valence-corrected chi connectivity index (χ2v) is 6.82. The number of nitrogens with zero attached hydrogens (tertiary/aromatic N) is 5. The number of anilines is 2. The minimum absolute atomic E-state index is 0.00195. The van der Waals surface area contributed by atoms with E-state index >= 15 is 0 Å². The van der Waals surface area contributed by atoms with Gasteiger partial charge >= 0.3 is 0 Å². The predicted molar refractivity (Wildman–Crippen MR) is 99.9 cm³/mol. The first-order valence-electron chi connectivity index (χ1n) is 8.62. The lowest BCUT2D eigenvalue weighted by atomic mass is 9.77. The van der Waals surface area contributed by atoms with E-state index in [2.05, 4.69) is 25.3 Å². The van der Waals surface area contributed by atoms with Gasteiger partial charge in [-0.1, -0.05) is 6.07 Å². The van der Waals surface area contributed by atoms with Gasteiger partial charge in [0.05, 0.1) is 11.8 Å². The van der Waals surface area contributed by atoms with Gasteiger partial charge in [-0.15, -0.1) is 0 Å². The van der Waals surface area contributed by atoms with Crippen LogP contribution in [0.15, 0.2) is 43.0 Å². The van der Waals surface area contributed by atoms with Gasteiger partial charge in [-0.3, -0.25) is 4.79 Å². The molecule has 0 aliphatic carbocycles. The number of aromatic nitrogens is 5. The molecule has 1 amide bonds. The average molecular weight is 393 g/mol. The Kier molecular flexibility index (Phi) is 3.42. The number of fused-ring (bicyclic) bond motifs is 2. The Morgan fingerprint density at radius 2 is 2.03 bits per heavy atom. The Morgan fingerprint density at radius 1 is 1.21 bits per heavy atom. The van der Waals surface area contributed by atoms with Crippen LogP contribution in [0.2, 0.25) is 0 Å². The molecule has 3 aromatic heterocycles. The van der Waals surface area contributed by atoms with E-state index in [1.165, 1.54) is 13.0 Å². The third-order valence-corrected chi connectivity index (χ3v) is 5.10. The van der Waals surface area contributed by atoms with E-state index in [1.54, 1.807) is 29.2 Å². The van der Waals surface area contributed by atoms with Crippen LogP contribution in [0.4, 0.5) is 20.4 Å². The fraction of sp³-hybridized carbons (Fsp3) is 0.105. The highest BCUT2D eigenvalue weighted by Crippen LogP contribution is 2.45. The lowest BCUT2D eigenvalue weighted by Gasteiger charge is -2.24. The number of rotatable bonds is 2. The molecule has 10 heteroatoms. The van der Waals surface area contributed by atoms with Crippen LogP contribution in [0.1, 0.15) is 18.1 Å². The van der Waals surface area contributed by atoms with Gasteiger partial charge < -0.3 is 15.5 Å². The largest absolute Gasteiger partial charge is 0.383 e. The molecule has 1 aromatic carbocycles. The molecule has 0 radical (unpaired) electrons. The number of carbonyl (C=O) groups is 1. The summed E-state index contributed by atoms with van der Waals surface area (Å²) in [7, 11) is 0. The van der Waals surface area contributed by atoms with Crippen molar-refractivity contribution in [1.29, 1.82) is 0 Å². The van der Waals surface area contributed by atoms with Gasteiger partial charge in [0.1, 0.15) is 34.4 Å². The molecule has 5 rings (SSSR count). The Labute approximate surface area is 162 Å². The van der Waals surface area contributed by atoms with Crippen LogP contribution in [-0.4, -0.2) is 30.2 Å². The number of halogens is 2. The molecule has 3 N–H and O–H groups in total. The summed E-state index contributed by atoms with van der Waals surface area (Å²) >= 11 is 0. The van der Waals surface area contributed by atoms with E-state index in [1.807, 2.05) is 0 Å². The van der Waals surface area contributed by atoms with Crippen molar-refractivity contribution in [2.45, 2.75) is 12.3 Å². The van der Waals surface area contributed by atoms with Crippen molar-refractivity contribution >= 4 is 23.2 Å². The minimum Gasteiger partial charge on any atom is -0.383 e. The lowest BCUT2D eigenvalue weighted by molar-refractivity contribution is -0.119. The summed E-state index contributed by atoms with van der Waals surface area (Å²) in [6.07, 6.45) is 6.60. The number of hydrogen-bond donors (Lipinski definition) is 2. The quantitative estimate of drug-likeness (QED) is 0.541. The summed E-state index contributed by atoms with van der Waals surface area (Å²) in [4.78, 5) is 29.9. The molecule has 4 heterocycles. The lowest BCUT2D eigenvalue weighted by Crippen LogP contribution is -2.34. The van der Waals surface area contributed by atoms with Crippen LogP contribution < -0.4 is 11.1 Å². The molecule has 1 unspecified atom stereocenters. The Balaban J connectivity index is 1.68. The number of nitrogens with one attached hydrogen (secondary N) is 1. The van der Waals surface area contributed by atoms with Crippen molar-refractivity contribution in [3.05, 3.63) is 65.7 Å². The molecule has 0 saturated heterocycles. The first-order valence-corrected chi connectivity index (χ1v) is 8.62. The van der Waals surface area contributed by atoms with E-state index in [0.29, 0.717) is 11.3 Å².